The standard InChI is InChI=1S/C15H22N2O2/c1-3-11(8-9-18)16-13-10-15(19)17(2)14-7-5-4-6-12(13)14/h4-7,11,13,16,18H,3,8-10H2,1-2H3. The molecule has 1 aromatic carbocycles. The quantitative estimate of drug-likeness (QED) is 0.851. The molecule has 1 aromatic rings. The lowest BCUT2D eigenvalue weighted by molar-refractivity contribution is -0.119. The van der Waals surface area contributed by atoms with Gasteiger partial charge in [-0.05, 0) is 24.5 Å². The van der Waals surface area contributed by atoms with Crippen LogP contribution in [0.1, 0.15) is 37.8 Å². The van der Waals surface area contributed by atoms with Gasteiger partial charge >= 0.3 is 0 Å². The molecule has 0 fully saturated rings. The van der Waals surface area contributed by atoms with Gasteiger partial charge in [0.25, 0.3) is 0 Å². The average Bonchev–Trinajstić information content (AvgIpc) is 2.44. The summed E-state index contributed by atoms with van der Waals surface area (Å²) in [6.07, 6.45) is 2.15. The van der Waals surface area contributed by atoms with Crippen LogP contribution in [0, 0.1) is 0 Å². The van der Waals surface area contributed by atoms with Crippen molar-refractivity contribution in [1.82, 2.24) is 5.32 Å². The number of carbonyl (C=O) groups is 1. The smallest absolute Gasteiger partial charge is 0.228 e. The Hall–Kier alpha value is -1.39. The Bertz CT molecular complexity index is 448. The number of hydrogen-bond donors (Lipinski definition) is 2. The minimum absolute atomic E-state index is 0.0522. The molecular weight excluding hydrogens is 240 g/mol. The number of anilines is 1. The van der Waals surface area contributed by atoms with Crippen LogP contribution in [-0.2, 0) is 4.79 Å². The fourth-order valence-electron chi connectivity index (χ4n) is 2.64. The lowest BCUT2D eigenvalue weighted by Gasteiger charge is -2.34. The van der Waals surface area contributed by atoms with E-state index in [-0.39, 0.29) is 24.6 Å². The van der Waals surface area contributed by atoms with Crippen molar-refractivity contribution in [2.75, 3.05) is 18.6 Å². The monoisotopic (exact) mass is 262 g/mol. The third-order valence-corrected chi connectivity index (χ3v) is 3.83. The number of nitrogens with zero attached hydrogens (tertiary/aromatic N) is 1. The van der Waals surface area contributed by atoms with Gasteiger partial charge < -0.3 is 15.3 Å². The summed E-state index contributed by atoms with van der Waals surface area (Å²) in [5.74, 6) is 0.134. The number of nitrogens with one attached hydrogen (secondary N) is 1. The number of rotatable bonds is 5. The lowest BCUT2D eigenvalue weighted by Crippen LogP contribution is -2.41. The van der Waals surface area contributed by atoms with Crippen LogP contribution < -0.4 is 10.2 Å². The van der Waals surface area contributed by atoms with Crippen LogP contribution in [0.25, 0.3) is 0 Å². The summed E-state index contributed by atoms with van der Waals surface area (Å²) in [5, 5.41) is 12.6. The zero-order valence-corrected chi connectivity index (χ0v) is 11.6. The molecular formula is C15H22N2O2. The zero-order chi connectivity index (χ0) is 13.8. The van der Waals surface area contributed by atoms with Crippen LogP contribution in [0.2, 0.25) is 0 Å². The van der Waals surface area contributed by atoms with Gasteiger partial charge in [-0.2, -0.15) is 0 Å². The fraction of sp³-hybridized carbons (Fsp3) is 0.533. The van der Waals surface area contributed by atoms with E-state index in [0.29, 0.717) is 6.42 Å². The van der Waals surface area contributed by atoms with E-state index in [0.717, 1.165) is 18.5 Å². The van der Waals surface area contributed by atoms with E-state index >= 15 is 0 Å². The van der Waals surface area contributed by atoms with Crippen molar-refractivity contribution in [1.29, 1.82) is 0 Å². The van der Waals surface area contributed by atoms with Gasteiger partial charge in [0.2, 0.25) is 5.91 Å². The van der Waals surface area contributed by atoms with Crippen molar-refractivity contribution >= 4 is 11.6 Å². The van der Waals surface area contributed by atoms with Crippen molar-refractivity contribution in [3.8, 4) is 0 Å². The molecule has 4 heteroatoms. The summed E-state index contributed by atoms with van der Waals surface area (Å²) in [7, 11) is 1.82. The maximum absolute atomic E-state index is 12.0. The van der Waals surface area contributed by atoms with Gasteiger partial charge in [0.05, 0.1) is 0 Å². The molecule has 104 valence electrons. The Labute approximate surface area is 114 Å². The van der Waals surface area contributed by atoms with Crippen LogP contribution in [0.15, 0.2) is 24.3 Å². The predicted octanol–water partition coefficient (Wildman–Crippen LogP) is 1.84. The van der Waals surface area contributed by atoms with Gasteiger partial charge in [-0.15, -0.1) is 0 Å². The first-order chi connectivity index (χ1) is 9.17. The van der Waals surface area contributed by atoms with Crippen LogP contribution in [0.4, 0.5) is 5.69 Å². The summed E-state index contributed by atoms with van der Waals surface area (Å²) in [5.41, 5.74) is 2.15. The molecule has 0 saturated carbocycles. The van der Waals surface area contributed by atoms with Crippen LogP contribution in [0.5, 0.6) is 0 Å². The van der Waals surface area contributed by atoms with E-state index in [1.54, 1.807) is 4.90 Å². The molecule has 1 heterocycles. The molecule has 2 N–H and O–H groups in total. The molecule has 1 aliphatic rings. The molecule has 2 atom stereocenters. The molecule has 1 aliphatic heterocycles. The number of para-hydroxylation sites is 1. The van der Waals surface area contributed by atoms with E-state index in [1.165, 1.54) is 5.56 Å². The highest BCUT2D eigenvalue weighted by Crippen LogP contribution is 2.33. The highest BCUT2D eigenvalue weighted by molar-refractivity contribution is 5.96. The number of fused-ring (bicyclic) bond motifs is 1. The van der Waals surface area contributed by atoms with Crippen molar-refractivity contribution in [3.63, 3.8) is 0 Å². The Balaban J connectivity index is 2.22. The molecule has 0 bridgehead atoms. The van der Waals surface area contributed by atoms with Crippen molar-refractivity contribution in [2.24, 2.45) is 0 Å². The van der Waals surface area contributed by atoms with Gasteiger partial charge in [-0.1, -0.05) is 25.1 Å². The second-order valence-electron chi connectivity index (χ2n) is 5.05. The summed E-state index contributed by atoms with van der Waals surface area (Å²) in [4.78, 5) is 13.8. The van der Waals surface area contributed by atoms with Gasteiger partial charge in [0.1, 0.15) is 0 Å². The summed E-state index contributed by atoms with van der Waals surface area (Å²) >= 11 is 0. The molecule has 0 saturated heterocycles. The summed E-state index contributed by atoms with van der Waals surface area (Å²) in [6.45, 7) is 2.27. The van der Waals surface area contributed by atoms with Crippen molar-refractivity contribution in [3.05, 3.63) is 29.8 Å². The molecule has 1 amide bonds. The first kappa shape index (κ1) is 14.0. The van der Waals surface area contributed by atoms with E-state index in [1.807, 2.05) is 25.2 Å². The number of carbonyl (C=O) groups excluding carboxylic acids is 1. The number of aliphatic hydroxyl groups excluding tert-OH is 1. The van der Waals surface area contributed by atoms with Crippen molar-refractivity contribution in [2.45, 2.75) is 38.3 Å². The minimum atomic E-state index is 0.0522. The SMILES string of the molecule is CCC(CCO)NC1CC(=O)N(C)c2ccccc21. The number of benzene rings is 1. The second-order valence-corrected chi connectivity index (χ2v) is 5.05. The van der Waals surface area contributed by atoms with Crippen molar-refractivity contribution < 1.29 is 9.90 Å². The van der Waals surface area contributed by atoms with Gasteiger partial charge in [-0.25, -0.2) is 0 Å². The Morgan fingerprint density at radius 2 is 2.21 bits per heavy atom. The molecule has 0 aromatic heterocycles. The zero-order valence-electron chi connectivity index (χ0n) is 11.6. The van der Waals surface area contributed by atoms with E-state index < -0.39 is 0 Å². The van der Waals surface area contributed by atoms with Crippen LogP contribution >= 0.6 is 0 Å². The van der Waals surface area contributed by atoms with E-state index in [4.69, 9.17) is 5.11 Å². The minimum Gasteiger partial charge on any atom is -0.396 e. The summed E-state index contributed by atoms with van der Waals surface area (Å²) in [6, 6.07) is 8.31. The molecule has 0 aliphatic carbocycles. The summed E-state index contributed by atoms with van der Waals surface area (Å²) < 4.78 is 0. The molecule has 2 unspecified atom stereocenters. The Morgan fingerprint density at radius 3 is 2.89 bits per heavy atom. The molecule has 19 heavy (non-hydrogen) atoms. The van der Waals surface area contributed by atoms with E-state index in [9.17, 15) is 4.79 Å². The van der Waals surface area contributed by atoms with Gasteiger partial charge in [-0.3, -0.25) is 4.79 Å². The predicted molar refractivity (Wildman–Crippen MR) is 76.1 cm³/mol. The highest BCUT2D eigenvalue weighted by Gasteiger charge is 2.29. The van der Waals surface area contributed by atoms with Crippen LogP contribution in [0.3, 0.4) is 0 Å². The normalized spacial score (nSPS) is 20.3. The maximum Gasteiger partial charge on any atom is 0.228 e. The highest BCUT2D eigenvalue weighted by atomic mass is 16.3. The Kier molecular flexibility index (Phi) is 4.56. The number of aliphatic hydroxyl groups is 1. The first-order valence-corrected chi connectivity index (χ1v) is 6.89. The molecule has 2 rings (SSSR count). The fourth-order valence-corrected chi connectivity index (χ4v) is 2.64. The van der Waals surface area contributed by atoms with Crippen LogP contribution in [-0.4, -0.2) is 30.7 Å². The van der Waals surface area contributed by atoms with E-state index in [2.05, 4.69) is 18.3 Å². The largest absolute Gasteiger partial charge is 0.396 e. The molecule has 4 nitrogen and oxygen atoms in total. The third-order valence-electron chi connectivity index (χ3n) is 3.83. The first-order valence-electron chi connectivity index (χ1n) is 6.89. The number of hydrogen-bond acceptors (Lipinski definition) is 3. The molecule has 0 spiro atoms. The third kappa shape index (κ3) is 2.96. The Morgan fingerprint density at radius 1 is 1.47 bits per heavy atom. The number of amides is 1. The molecule has 0 radical (unpaired) electrons. The topological polar surface area (TPSA) is 52.6 Å². The van der Waals surface area contributed by atoms with Gasteiger partial charge in [0.15, 0.2) is 0 Å². The maximum atomic E-state index is 12.0. The average molecular weight is 262 g/mol. The van der Waals surface area contributed by atoms with Gasteiger partial charge in [0, 0.05) is 37.8 Å². The lowest BCUT2D eigenvalue weighted by atomic mass is 9.95. The second kappa shape index (κ2) is 6.17.